The number of aliphatic hydroxyl groups excluding tert-OH is 3. The zero-order valence-corrected chi connectivity index (χ0v) is 17.1. The molecule has 0 saturated carbocycles. The molecule has 10 nitrogen and oxygen atoms in total. The summed E-state index contributed by atoms with van der Waals surface area (Å²) in [6, 6.07) is 0. The quantitative estimate of drug-likeness (QED) is 0.133. The summed E-state index contributed by atoms with van der Waals surface area (Å²) in [5.74, 6) is 1.12. The van der Waals surface area contributed by atoms with Gasteiger partial charge in [-0.3, -0.25) is 0 Å². The Morgan fingerprint density at radius 1 is 1.25 bits per heavy atom. The molecule has 0 aliphatic carbocycles. The van der Waals surface area contributed by atoms with Gasteiger partial charge in [-0.25, -0.2) is 4.98 Å². The molecular weight excluding hydrogens is 384 g/mol. The number of ether oxygens (including phenoxy) is 1. The Hall–Kier alpha value is -1.37. The lowest BCUT2D eigenvalue weighted by molar-refractivity contribution is -0.105. The number of fused-ring (bicyclic) bond motifs is 1. The predicted molar refractivity (Wildman–Crippen MR) is 111 cm³/mol. The Morgan fingerprint density at radius 2 is 2.00 bits per heavy atom. The number of hydrogen-bond donors (Lipinski definition) is 7. The lowest BCUT2D eigenvalue weighted by Gasteiger charge is -2.30. The Labute approximate surface area is 170 Å². The highest BCUT2D eigenvalue weighted by Gasteiger charge is 2.31. The molecule has 1 aliphatic heterocycles. The molecule has 0 aromatic carbocycles. The summed E-state index contributed by atoms with van der Waals surface area (Å²) < 4.78 is 5.72. The molecule has 0 fully saturated rings. The Balaban J connectivity index is 2.00. The minimum Gasteiger partial charge on any atom is -0.394 e. The molecule has 0 bridgehead atoms. The van der Waals surface area contributed by atoms with Gasteiger partial charge in [0.2, 0.25) is 5.95 Å². The smallest absolute Gasteiger partial charge is 0.225 e. The van der Waals surface area contributed by atoms with Crippen LogP contribution in [0, 0.1) is 0 Å². The van der Waals surface area contributed by atoms with Gasteiger partial charge < -0.3 is 41.3 Å². The maximum Gasteiger partial charge on any atom is 0.225 e. The predicted octanol–water partition coefficient (Wildman–Crippen LogP) is -0.0376. The van der Waals surface area contributed by atoms with Gasteiger partial charge in [-0.15, -0.1) is 12.6 Å². The van der Waals surface area contributed by atoms with Crippen molar-refractivity contribution in [2.45, 2.75) is 56.1 Å². The topological polar surface area (TPSA) is 149 Å². The van der Waals surface area contributed by atoms with E-state index in [4.69, 9.17) is 15.6 Å². The molecule has 1 unspecified atom stereocenters. The number of aliphatic hydroxyl groups is 3. The number of anilines is 3. The first-order chi connectivity index (χ1) is 13.5. The fourth-order valence-corrected chi connectivity index (χ4v) is 3.22. The summed E-state index contributed by atoms with van der Waals surface area (Å²) in [7, 11) is 0. The molecule has 0 amide bonds. The van der Waals surface area contributed by atoms with Crippen molar-refractivity contribution in [3.05, 3.63) is 0 Å². The van der Waals surface area contributed by atoms with E-state index in [-0.39, 0.29) is 0 Å². The van der Waals surface area contributed by atoms with Crippen molar-refractivity contribution in [1.29, 1.82) is 0 Å². The SMILES string of the molecule is CC(O[C@H](CO)[C@H](O)CO)N1CNc2c(S)nc(NCCCCCCN)nc21. The van der Waals surface area contributed by atoms with Crippen LogP contribution in [0.25, 0.3) is 0 Å². The molecule has 7 N–H and O–H groups in total. The van der Waals surface area contributed by atoms with Gasteiger partial charge in [0.1, 0.15) is 29.1 Å². The molecule has 3 atom stereocenters. The number of nitrogens with zero attached hydrogens (tertiary/aromatic N) is 3. The van der Waals surface area contributed by atoms with Crippen LogP contribution in [-0.2, 0) is 4.74 Å². The van der Waals surface area contributed by atoms with Crippen LogP contribution in [0.1, 0.15) is 32.6 Å². The molecule has 1 aromatic heterocycles. The largest absolute Gasteiger partial charge is 0.394 e. The maximum absolute atomic E-state index is 9.74. The van der Waals surface area contributed by atoms with E-state index in [0.717, 1.165) is 38.8 Å². The third-order valence-electron chi connectivity index (χ3n) is 4.59. The van der Waals surface area contributed by atoms with E-state index in [1.165, 1.54) is 0 Å². The van der Waals surface area contributed by atoms with E-state index >= 15 is 0 Å². The van der Waals surface area contributed by atoms with E-state index < -0.39 is 31.6 Å². The zero-order chi connectivity index (χ0) is 20.5. The Kier molecular flexibility index (Phi) is 9.48. The van der Waals surface area contributed by atoms with Gasteiger partial charge in [0.25, 0.3) is 0 Å². The van der Waals surface area contributed by atoms with Gasteiger partial charge in [0.15, 0.2) is 5.82 Å². The summed E-state index contributed by atoms with van der Waals surface area (Å²) in [6.07, 6.45) is 1.68. The van der Waals surface area contributed by atoms with Gasteiger partial charge in [0.05, 0.1) is 19.9 Å². The molecule has 11 heteroatoms. The molecule has 2 heterocycles. The highest BCUT2D eigenvalue weighted by molar-refractivity contribution is 7.80. The zero-order valence-electron chi connectivity index (χ0n) is 16.2. The second-order valence-electron chi connectivity index (χ2n) is 6.71. The van der Waals surface area contributed by atoms with Gasteiger partial charge in [-0.1, -0.05) is 12.8 Å². The van der Waals surface area contributed by atoms with Crippen LogP contribution in [0.3, 0.4) is 0 Å². The van der Waals surface area contributed by atoms with Crippen molar-refractivity contribution in [3.63, 3.8) is 0 Å². The molecule has 0 saturated heterocycles. The van der Waals surface area contributed by atoms with Crippen LogP contribution in [0.5, 0.6) is 0 Å². The molecule has 28 heavy (non-hydrogen) atoms. The van der Waals surface area contributed by atoms with Crippen molar-refractivity contribution < 1.29 is 20.1 Å². The Morgan fingerprint density at radius 3 is 2.68 bits per heavy atom. The van der Waals surface area contributed by atoms with Crippen molar-refractivity contribution in [2.75, 3.05) is 48.5 Å². The molecule has 1 aromatic rings. The Bertz CT molecular complexity index is 611. The first-order valence-corrected chi connectivity index (χ1v) is 10.1. The first-order valence-electron chi connectivity index (χ1n) is 9.62. The van der Waals surface area contributed by atoms with Gasteiger partial charge in [-0.2, -0.15) is 4.98 Å². The summed E-state index contributed by atoms with van der Waals surface area (Å²) in [6.45, 7) is 2.79. The molecule has 160 valence electrons. The van der Waals surface area contributed by atoms with Crippen LogP contribution < -0.4 is 21.3 Å². The summed E-state index contributed by atoms with van der Waals surface area (Å²) >= 11 is 4.45. The first kappa shape index (κ1) is 22.9. The van der Waals surface area contributed by atoms with Crippen LogP contribution in [-0.4, -0.2) is 76.7 Å². The van der Waals surface area contributed by atoms with Crippen molar-refractivity contribution >= 4 is 30.1 Å². The van der Waals surface area contributed by atoms with Crippen molar-refractivity contribution in [3.8, 4) is 0 Å². The average Bonchev–Trinajstić information content (AvgIpc) is 3.12. The minimum absolute atomic E-state index is 0.404. The van der Waals surface area contributed by atoms with Crippen LogP contribution >= 0.6 is 12.6 Å². The van der Waals surface area contributed by atoms with Crippen LogP contribution in [0.2, 0.25) is 0 Å². The van der Waals surface area contributed by atoms with Gasteiger partial charge >= 0.3 is 0 Å². The minimum atomic E-state index is -1.16. The van der Waals surface area contributed by atoms with Crippen LogP contribution in [0.15, 0.2) is 5.03 Å². The molecule has 0 radical (unpaired) electrons. The summed E-state index contributed by atoms with van der Waals surface area (Å²) in [4.78, 5) is 10.8. The van der Waals surface area contributed by atoms with Crippen molar-refractivity contribution in [2.24, 2.45) is 5.73 Å². The third kappa shape index (κ3) is 6.06. The van der Waals surface area contributed by atoms with E-state index in [1.807, 2.05) is 4.90 Å². The number of nitrogens with two attached hydrogens (primary N) is 1. The van der Waals surface area contributed by atoms with E-state index in [2.05, 4.69) is 33.2 Å². The lowest BCUT2D eigenvalue weighted by Crippen LogP contribution is -2.44. The van der Waals surface area contributed by atoms with E-state index in [1.54, 1.807) is 6.92 Å². The number of thiol groups is 1. The van der Waals surface area contributed by atoms with Gasteiger partial charge in [0, 0.05) is 6.54 Å². The fraction of sp³-hybridized carbons (Fsp3) is 0.765. The third-order valence-corrected chi connectivity index (χ3v) is 4.91. The summed E-state index contributed by atoms with van der Waals surface area (Å²) in [5, 5.41) is 35.1. The second-order valence-corrected chi connectivity index (χ2v) is 7.13. The number of hydrogen-bond acceptors (Lipinski definition) is 11. The number of rotatable bonds is 13. The molecular formula is C17H32N6O4S. The summed E-state index contributed by atoms with van der Waals surface area (Å²) in [5.41, 5.74) is 6.20. The highest BCUT2D eigenvalue weighted by Crippen LogP contribution is 2.36. The highest BCUT2D eigenvalue weighted by atomic mass is 32.1. The molecule has 1 aliphatic rings. The monoisotopic (exact) mass is 416 g/mol. The lowest BCUT2D eigenvalue weighted by atomic mass is 10.2. The fourth-order valence-electron chi connectivity index (χ4n) is 2.94. The normalized spacial score (nSPS) is 16.4. The maximum atomic E-state index is 9.74. The van der Waals surface area contributed by atoms with Crippen molar-refractivity contribution in [1.82, 2.24) is 9.97 Å². The number of unbranched alkanes of at least 4 members (excludes halogenated alkanes) is 3. The van der Waals surface area contributed by atoms with Gasteiger partial charge in [-0.05, 0) is 26.3 Å². The average molecular weight is 417 g/mol. The molecule has 2 rings (SSSR count). The second kappa shape index (κ2) is 11.6. The standard InChI is InChI=1S/C17H32N6O4S/c1-11(27-13(9-25)12(26)8-24)23-10-20-14-15(23)21-17(22-16(14)28)19-7-5-3-2-4-6-18/h11-13,20,24-26H,2-10,18H2,1H3,(H2,19,21,22,28)/t11?,12-,13-/m1/s1. The van der Waals surface area contributed by atoms with E-state index in [0.29, 0.717) is 29.1 Å². The molecule has 0 spiro atoms. The number of aromatic nitrogens is 2. The van der Waals surface area contributed by atoms with E-state index in [9.17, 15) is 10.2 Å². The van der Waals surface area contributed by atoms with Crippen LogP contribution in [0.4, 0.5) is 17.5 Å². The number of nitrogens with one attached hydrogen (secondary N) is 2.